The van der Waals surface area contributed by atoms with Gasteiger partial charge in [-0.1, -0.05) is 64.1 Å². The van der Waals surface area contributed by atoms with Crippen molar-refractivity contribution in [2.75, 3.05) is 65.4 Å². The van der Waals surface area contributed by atoms with Crippen molar-refractivity contribution in [3.05, 3.63) is 59.7 Å². The zero-order valence-corrected chi connectivity index (χ0v) is 26.1. The molecule has 0 saturated heterocycles. The molecule has 0 unspecified atom stereocenters. The molecule has 2 rings (SSSR count). The summed E-state index contributed by atoms with van der Waals surface area (Å²) in [5.41, 5.74) is 5.30. The van der Waals surface area contributed by atoms with E-state index >= 15 is 0 Å². The predicted octanol–water partition coefficient (Wildman–Crippen LogP) is 4.76. The van der Waals surface area contributed by atoms with Crippen molar-refractivity contribution in [1.82, 2.24) is 31.9 Å². The van der Waals surface area contributed by atoms with Crippen LogP contribution in [-0.4, -0.2) is 65.4 Å². The Morgan fingerprint density at radius 1 is 0.450 bits per heavy atom. The van der Waals surface area contributed by atoms with Crippen LogP contribution in [0.4, 0.5) is 0 Å². The lowest BCUT2D eigenvalue weighted by atomic mass is 9.99. The summed E-state index contributed by atoms with van der Waals surface area (Å²) in [7, 11) is 0. The van der Waals surface area contributed by atoms with E-state index in [0.717, 1.165) is 103 Å². The molecule has 2 aromatic carbocycles. The van der Waals surface area contributed by atoms with E-state index in [1.54, 1.807) is 0 Å². The zero-order chi connectivity index (χ0) is 28.7. The van der Waals surface area contributed by atoms with E-state index in [0.29, 0.717) is 0 Å². The van der Waals surface area contributed by atoms with Crippen LogP contribution >= 0.6 is 0 Å². The van der Waals surface area contributed by atoms with E-state index in [-0.39, 0.29) is 0 Å². The van der Waals surface area contributed by atoms with Gasteiger partial charge in [-0.2, -0.15) is 0 Å². The molecule has 0 bridgehead atoms. The minimum Gasteiger partial charge on any atom is -0.317 e. The maximum atomic E-state index is 3.66. The van der Waals surface area contributed by atoms with Crippen LogP contribution in [0.2, 0.25) is 0 Å². The van der Waals surface area contributed by atoms with Crippen molar-refractivity contribution in [3.63, 3.8) is 0 Å². The average molecular weight is 553 g/mol. The predicted molar refractivity (Wildman–Crippen MR) is 175 cm³/mol. The Balaban J connectivity index is 1.66. The van der Waals surface area contributed by atoms with Gasteiger partial charge in [0.05, 0.1) is 0 Å². The first-order valence-corrected chi connectivity index (χ1v) is 16.0. The van der Waals surface area contributed by atoms with Crippen LogP contribution in [0, 0.1) is 11.8 Å². The molecule has 0 spiro atoms. The van der Waals surface area contributed by atoms with Gasteiger partial charge in [0, 0.05) is 13.1 Å². The lowest BCUT2D eigenvalue weighted by Gasteiger charge is -2.13. The summed E-state index contributed by atoms with van der Waals surface area (Å²) >= 11 is 0. The van der Waals surface area contributed by atoms with E-state index in [9.17, 15) is 0 Å². The SMILES string of the molecule is CC(C)CNCCCNCCCNCc1cc(CNCCCNCCCNCC(C)C)cc(-c2ccccc2)c1. The second kappa shape index (κ2) is 22.8. The van der Waals surface area contributed by atoms with Gasteiger partial charge in [0.1, 0.15) is 0 Å². The fraction of sp³-hybridized carbons (Fsp3) is 0.647. The molecule has 226 valence electrons. The monoisotopic (exact) mass is 552 g/mol. The van der Waals surface area contributed by atoms with Crippen LogP contribution in [0.3, 0.4) is 0 Å². The molecule has 0 radical (unpaired) electrons. The minimum absolute atomic E-state index is 0.726. The van der Waals surface area contributed by atoms with Gasteiger partial charge in [0.2, 0.25) is 0 Å². The van der Waals surface area contributed by atoms with Gasteiger partial charge in [0.15, 0.2) is 0 Å². The third kappa shape index (κ3) is 17.8. The molecule has 0 aliphatic rings. The summed E-state index contributed by atoms with van der Waals surface area (Å²) in [5, 5.41) is 21.5. The first-order valence-electron chi connectivity index (χ1n) is 16.0. The lowest BCUT2D eigenvalue weighted by Crippen LogP contribution is -2.26. The molecule has 0 heterocycles. The van der Waals surface area contributed by atoms with E-state index < -0.39 is 0 Å². The highest BCUT2D eigenvalue weighted by Crippen LogP contribution is 2.22. The molecule has 0 fully saturated rings. The number of benzene rings is 2. The summed E-state index contributed by atoms with van der Waals surface area (Å²) in [6.07, 6.45) is 4.68. The molecule has 0 aliphatic carbocycles. The quantitative estimate of drug-likeness (QED) is 0.0998. The Morgan fingerprint density at radius 3 is 1.27 bits per heavy atom. The molecule has 40 heavy (non-hydrogen) atoms. The van der Waals surface area contributed by atoms with Crippen molar-refractivity contribution in [2.45, 2.75) is 66.5 Å². The molecule has 2 aromatic rings. The minimum atomic E-state index is 0.726. The first kappa shape index (κ1) is 34.4. The van der Waals surface area contributed by atoms with Crippen molar-refractivity contribution >= 4 is 0 Å². The Labute approximate surface area is 246 Å². The highest BCUT2D eigenvalue weighted by Gasteiger charge is 2.04. The average Bonchev–Trinajstić information content (AvgIpc) is 2.94. The standard InChI is InChI=1S/C34H60N6/c1-29(2)25-37-18-8-14-35-16-10-20-39-27-31-22-32(24-34(23-31)33-12-6-5-7-13-33)28-40-21-11-17-36-15-9-19-38-26-30(3)4/h5-7,12-13,22-24,29-30,35-40H,8-11,14-21,25-28H2,1-4H3. The molecule has 0 atom stereocenters. The smallest absolute Gasteiger partial charge is 0.0205 e. The van der Waals surface area contributed by atoms with Crippen LogP contribution < -0.4 is 31.9 Å². The van der Waals surface area contributed by atoms with E-state index in [1.807, 2.05) is 0 Å². The second-order valence-electron chi connectivity index (χ2n) is 11.9. The number of nitrogens with one attached hydrogen (secondary N) is 6. The molecule has 6 heteroatoms. The van der Waals surface area contributed by atoms with Gasteiger partial charge in [-0.3, -0.25) is 0 Å². The van der Waals surface area contributed by atoms with Crippen LogP contribution in [0.1, 0.15) is 64.5 Å². The van der Waals surface area contributed by atoms with Crippen LogP contribution in [0.5, 0.6) is 0 Å². The molecular weight excluding hydrogens is 492 g/mol. The molecule has 0 amide bonds. The van der Waals surface area contributed by atoms with E-state index in [4.69, 9.17) is 0 Å². The molecule has 0 aliphatic heterocycles. The van der Waals surface area contributed by atoms with Crippen molar-refractivity contribution in [3.8, 4) is 11.1 Å². The summed E-state index contributed by atoms with van der Waals surface area (Å²) in [4.78, 5) is 0. The summed E-state index contributed by atoms with van der Waals surface area (Å²) in [6, 6.07) is 17.8. The normalized spacial score (nSPS) is 11.7. The summed E-state index contributed by atoms with van der Waals surface area (Å²) < 4.78 is 0. The Kier molecular flexibility index (Phi) is 19.6. The summed E-state index contributed by atoms with van der Waals surface area (Å²) in [6.45, 7) is 21.6. The second-order valence-corrected chi connectivity index (χ2v) is 11.9. The highest BCUT2D eigenvalue weighted by molar-refractivity contribution is 5.65. The van der Waals surface area contributed by atoms with Gasteiger partial charge in [-0.05, 0) is 137 Å². The zero-order valence-electron chi connectivity index (χ0n) is 26.1. The van der Waals surface area contributed by atoms with Crippen molar-refractivity contribution in [1.29, 1.82) is 0 Å². The van der Waals surface area contributed by atoms with Crippen molar-refractivity contribution < 1.29 is 0 Å². The molecule has 0 aromatic heterocycles. The largest absolute Gasteiger partial charge is 0.317 e. The molecule has 6 N–H and O–H groups in total. The fourth-order valence-corrected chi connectivity index (χ4v) is 4.61. The maximum Gasteiger partial charge on any atom is 0.0205 e. The number of hydrogen-bond acceptors (Lipinski definition) is 6. The Hall–Kier alpha value is -1.80. The molecule has 6 nitrogen and oxygen atoms in total. The van der Waals surface area contributed by atoms with Crippen LogP contribution in [0.25, 0.3) is 11.1 Å². The van der Waals surface area contributed by atoms with Gasteiger partial charge in [-0.15, -0.1) is 0 Å². The van der Waals surface area contributed by atoms with E-state index in [2.05, 4.69) is 108 Å². The Bertz CT molecular complexity index is 807. The third-order valence-corrected chi connectivity index (χ3v) is 6.75. The van der Waals surface area contributed by atoms with Gasteiger partial charge >= 0.3 is 0 Å². The number of rotatable bonds is 25. The van der Waals surface area contributed by atoms with Crippen LogP contribution in [0.15, 0.2) is 48.5 Å². The molecule has 0 saturated carbocycles. The van der Waals surface area contributed by atoms with Crippen molar-refractivity contribution in [2.24, 2.45) is 11.8 Å². The van der Waals surface area contributed by atoms with Crippen LogP contribution in [-0.2, 0) is 13.1 Å². The van der Waals surface area contributed by atoms with Gasteiger partial charge in [0.25, 0.3) is 0 Å². The summed E-state index contributed by atoms with van der Waals surface area (Å²) in [5.74, 6) is 1.45. The highest BCUT2D eigenvalue weighted by atomic mass is 14.9. The molecular formula is C34H60N6. The maximum absolute atomic E-state index is 3.66. The number of hydrogen-bond donors (Lipinski definition) is 6. The fourth-order valence-electron chi connectivity index (χ4n) is 4.61. The lowest BCUT2D eigenvalue weighted by molar-refractivity contribution is 0.524. The third-order valence-electron chi connectivity index (χ3n) is 6.75. The topological polar surface area (TPSA) is 72.2 Å². The first-order chi connectivity index (χ1) is 19.5. The van der Waals surface area contributed by atoms with Gasteiger partial charge < -0.3 is 31.9 Å². The van der Waals surface area contributed by atoms with E-state index in [1.165, 1.54) is 35.1 Å². The Morgan fingerprint density at radius 2 is 0.850 bits per heavy atom. The van der Waals surface area contributed by atoms with Gasteiger partial charge in [-0.25, -0.2) is 0 Å².